The van der Waals surface area contributed by atoms with Gasteiger partial charge in [0, 0.05) is 10.9 Å². The second-order valence-electron chi connectivity index (χ2n) is 5.97. The molecule has 1 atom stereocenters. The van der Waals surface area contributed by atoms with Crippen molar-refractivity contribution in [2.45, 2.75) is 44.1 Å². The third-order valence-corrected chi connectivity index (χ3v) is 5.31. The largest absolute Gasteiger partial charge is 0.480 e. The number of aryl methyl sites for hydroxylation is 1. The van der Waals surface area contributed by atoms with Crippen LogP contribution in [0.15, 0.2) is 22.7 Å². The second kappa shape index (κ2) is 5.49. The molecule has 1 fully saturated rings. The molecule has 1 aromatic carbocycles. The highest BCUT2D eigenvalue weighted by Gasteiger charge is 2.46. The molecule has 20 heavy (non-hydrogen) atoms. The normalized spacial score (nSPS) is 27.1. The van der Waals surface area contributed by atoms with Crippen molar-refractivity contribution in [3.63, 3.8) is 0 Å². The lowest BCUT2D eigenvalue weighted by molar-refractivity contribution is -0.153. The number of carbonyl (C=O) groups is 1. The van der Waals surface area contributed by atoms with Gasteiger partial charge in [0.25, 0.3) is 0 Å². The number of piperidine rings is 1. The number of carboxylic acids is 1. The van der Waals surface area contributed by atoms with E-state index in [0.717, 1.165) is 43.2 Å². The predicted molar refractivity (Wildman–Crippen MR) is 82.0 cm³/mol. The molecular weight excluding hydrogens is 318 g/mol. The average molecular weight is 338 g/mol. The lowest BCUT2D eigenvalue weighted by atomic mass is 9.76. The number of hydrogen-bond acceptors (Lipinski definition) is 2. The number of fused-ring (bicyclic) bond motifs is 1. The van der Waals surface area contributed by atoms with Crippen molar-refractivity contribution in [2.24, 2.45) is 0 Å². The molecule has 108 valence electrons. The van der Waals surface area contributed by atoms with Gasteiger partial charge in [0.15, 0.2) is 0 Å². The number of nitrogens with zero attached hydrogens (tertiary/aromatic N) is 1. The Morgan fingerprint density at radius 1 is 1.20 bits per heavy atom. The zero-order valence-corrected chi connectivity index (χ0v) is 13.2. The summed E-state index contributed by atoms with van der Waals surface area (Å²) in [6, 6.07) is 6.24. The number of carboxylic acid groups (broad SMARTS) is 1. The van der Waals surface area contributed by atoms with Gasteiger partial charge >= 0.3 is 5.97 Å². The first-order valence-corrected chi connectivity index (χ1v) is 8.17. The van der Waals surface area contributed by atoms with E-state index < -0.39 is 11.5 Å². The zero-order valence-electron chi connectivity index (χ0n) is 11.6. The standard InChI is InChI=1S/C16H20BrNO2/c17-14-5-4-13-11-16(15(19)20,7-6-12(13)10-14)18-8-2-1-3-9-18/h4-5,10H,1-3,6-9,11H2,(H,19,20). The van der Waals surface area contributed by atoms with Crippen LogP contribution in [0.4, 0.5) is 0 Å². The maximum absolute atomic E-state index is 12.0. The van der Waals surface area contributed by atoms with Gasteiger partial charge in [-0.2, -0.15) is 0 Å². The van der Waals surface area contributed by atoms with Crippen LogP contribution in [0.2, 0.25) is 0 Å². The van der Waals surface area contributed by atoms with Crippen molar-refractivity contribution in [3.05, 3.63) is 33.8 Å². The van der Waals surface area contributed by atoms with Crippen LogP contribution in [0.1, 0.15) is 36.8 Å². The van der Waals surface area contributed by atoms with Gasteiger partial charge in [-0.1, -0.05) is 28.4 Å². The fourth-order valence-corrected chi connectivity index (χ4v) is 4.06. The molecule has 0 amide bonds. The minimum absolute atomic E-state index is 0.644. The van der Waals surface area contributed by atoms with E-state index >= 15 is 0 Å². The summed E-state index contributed by atoms with van der Waals surface area (Å²) in [5.74, 6) is -0.645. The highest BCUT2D eigenvalue weighted by Crippen LogP contribution is 2.36. The van der Waals surface area contributed by atoms with Crippen LogP contribution in [0.5, 0.6) is 0 Å². The highest BCUT2D eigenvalue weighted by atomic mass is 79.9. The van der Waals surface area contributed by atoms with Crippen LogP contribution < -0.4 is 0 Å². The quantitative estimate of drug-likeness (QED) is 0.900. The van der Waals surface area contributed by atoms with Crippen LogP contribution in [0.3, 0.4) is 0 Å². The molecule has 0 aromatic heterocycles. The van der Waals surface area contributed by atoms with Gasteiger partial charge in [-0.25, -0.2) is 0 Å². The predicted octanol–water partition coefficient (Wildman–Crippen LogP) is 3.25. The van der Waals surface area contributed by atoms with Crippen molar-refractivity contribution < 1.29 is 9.90 Å². The fraction of sp³-hybridized carbons (Fsp3) is 0.562. The Bertz CT molecular complexity index is 525. The summed E-state index contributed by atoms with van der Waals surface area (Å²) < 4.78 is 1.08. The molecular formula is C16H20BrNO2. The van der Waals surface area contributed by atoms with Gasteiger partial charge in [0.1, 0.15) is 5.54 Å². The summed E-state index contributed by atoms with van der Waals surface area (Å²) in [7, 11) is 0. The van der Waals surface area contributed by atoms with Crippen LogP contribution in [0.25, 0.3) is 0 Å². The molecule has 0 bridgehead atoms. The number of benzene rings is 1. The van der Waals surface area contributed by atoms with E-state index in [1.54, 1.807) is 0 Å². The topological polar surface area (TPSA) is 40.5 Å². The molecule has 3 rings (SSSR count). The molecule has 1 aliphatic carbocycles. The van der Waals surface area contributed by atoms with Crippen LogP contribution in [0, 0.1) is 0 Å². The van der Waals surface area contributed by atoms with E-state index in [2.05, 4.69) is 33.0 Å². The summed E-state index contributed by atoms with van der Waals surface area (Å²) >= 11 is 3.50. The number of likely N-dealkylation sites (tertiary alicyclic amines) is 1. The maximum Gasteiger partial charge on any atom is 0.324 e. The maximum atomic E-state index is 12.0. The summed E-state index contributed by atoms with van der Waals surface area (Å²) in [6.07, 6.45) is 5.72. The number of rotatable bonds is 2. The van der Waals surface area contributed by atoms with E-state index in [0.29, 0.717) is 6.42 Å². The van der Waals surface area contributed by atoms with E-state index in [1.165, 1.54) is 17.5 Å². The highest BCUT2D eigenvalue weighted by molar-refractivity contribution is 9.10. The molecule has 0 saturated carbocycles. The van der Waals surface area contributed by atoms with Crippen molar-refractivity contribution in [1.82, 2.24) is 4.90 Å². The molecule has 0 radical (unpaired) electrons. The monoisotopic (exact) mass is 337 g/mol. The molecule has 0 spiro atoms. The van der Waals surface area contributed by atoms with Crippen molar-refractivity contribution in [2.75, 3.05) is 13.1 Å². The van der Waals surface area contributed by atoms with Gasteiger partial charge in [-0.05, 0) is 62.0 Å². The molecule has 1 aromatic rings. The molecule has 1 saturated heterocycles. The van der Waals surface area contributed by atoms with Crippen LogP contribution in [-0.4, -0.2) is 34.6 Å². The number of aliphatic carboxylic acids is 1. The molecule has 1 N–H and O–H groups in total. The first-order valence-electron chi connectivity index (χ1n) is 7.38. The lowest BCUT2D eigenvalue weighted by Crippen LogP contribution is -2.59. The van der Waals surface area contributed by atoms with Gasteiger partial charge in [0.05, 0.1) is 0 Å². The third-order valence-electron chi connectivity index (χ3n) is 4.82. The second-order valence-corrected chi connectivity index (χ2v) is 6.89. The molecule has 1 heterocycles. The zero-order chi connectivity index (χ0) is 14.2. The summed E-state index contributed by atoms with van der Waals surface area (Å²) in [5.41, 5.74) is 1.82. The summed E-state index contributed by atoms with van der Waals surface area (Å²) in [5, 5.41) is 9.87. The number of hydrogen-bond donors (Lipinski definition) is 1. The summed E-state index contributed by atoms with van der Waals surface area (Å²) in [4.78, 5) is 14.2. The Labute approximate surface area is 128 Å². The van der Waals surface area contributed by atoms with Crippen LogP contribution >= 0.6 is 15.9 Å². The van der Waals surface area contributed by atoms with E-state index in [1.807, 2.05) is 6.07 Å². The van der Waals surface area contributed by atoms with Gasteiger partial charge in [-0.15, -0.1) is 0 Å². The Kier molecular flexibility index (Phi) is 3.87. The Morgan fingerprint density at radius 2 is 1.95 bits per heavy atom. The minimum Gasteiger partial charge on any atom is -0.480 e. The first kappa shape index (κ1) is 14.1. The van der Waals surface area contributed by atoms with Crippen molar-refractivity contribution >= 4 is 21.9 Å². The smallest absolute Gasteiger partial charge is 0.324 e. The van der Waals surface area contributed by atoms with Crippen molar-refractivity contribution in [3.8, 4) is 0 Å². The lowest BCUT2D eigenvalue weighted by Gasteiger charge is -2.45. The number of halogens is 1. The SMILES string of the molecule is O=C(O)C1(N2CCCCC2)CCc2cc(Br)ccc2C1. The Hall–Kier alpha value is -0.870. The van der Waals surface area contributed by atoms with Gasteiger partial charge in [-0.3, -0.25) is 9.69 Å². The van der Waals surface area contributed by atoms with Gasteiger partial charge in [0.2, 0.25) is 0 Å². The third kappa shape index (κ3) is 2.40. The van der Waals surface area contributed by atoms with Crippen molar-refractivity contribution in [1.29, 1.82) is 0 Å². The molecule has 4 heteroatoms. The van der Waals surface area contributed by atoms with E-state index in [-0.39, 0.29) is 0 Å². The Balaban J connectivity index is 1.93. The van der Waals surface area contributed by atoms with E-state index in [4.69, 9.17) is 0 Å². The van der Waals surface area contributed by atoms with E-state index in [9.17, 15) is 9.90 Å². The van der Waals surface area contributed by atoms with Crippen LogP contribution in [-0.2, 0) is 17.6 Å². The fourth-order valence-electron chi connectivity index (χ4n) is 3.65. The molecule has 2 aliphatic rings. The average Bonchev–Trinajstić information content (AvgIpc) is 2.47. The summed E-state index contributed by atoms with van der Waals surface area (Å²) in [6.45, 7) is 1.86. The minimum atomic E-state index is -0.679. The first-order chi connectivity index (χ1) is 9.62. The molecule has 1 unspecified atom stereocenters. The Morgan fingerprint density at radius 3 is 2.65 bits per heavy atom. The molecule has 3 nitrogen and oxygen atoms in total. The molecule has 1 aliphatic heterocycles. The van der Waals surface area contributed by atoms with Gasteiger partial charge < -0.3 is 5.11 Å².